The molecule has 0 aliphatic heterocycles. The van der Waals surface area contributed by atoms with Gasteiger partial charge in [-0.25, -0.2) is 18.3 Å². The molecule has 1 heterocycles. The average Bonchev–Trinajstić information content (AvgIpc) is 2.64. The van der Waals surface area contributed by atoms with Crippen LogP contribution in [0.1, 0.15) is 10.5 Å². The number of carboxylic acid groups (broad SMARTS) is 1. The second kappa shape index (κ2) is 3.85. The minimum Gasteiger partial charge on any atom is -0.504 e. The Balaban J connectivity index is 2.58. The van der Waals surface area contributed by atoms with Gasteiger partial charge in [0.05, 0.1) is 6.20 Å². The number of benzene rings is 1. The van der Waals surface area contributed by atoms with Crippen LogP contribution in [0.4, 0.5) is 8.78 Å². The molecule has 5 nitrogen and oxygen atoms in total. The molecule has 17 heavy (non-hydrogen) atoms. The van der Waals surface area contributed by atoms with Crippen molar-refractivity contribution in [1.82, 2.24) is 9.78 Å². The molecule has 0 amide bonds. The van der Waals surface area contributed by atoms with Crippen molar-refractivity contribution in [2.75, 3.05) is 0 Å². The van der Waals surface area contributed by atoms with E-state index in [9.17, 15) is 18.7 Å². The van der Waals surface area contributed by atoms with Crippen molar-refractivity contribution in [3.05, 3.63) is 41.7 Å². The van der Waals surface area contributed by atoms with Gasteiger partial charge in [0.15, 0.2) is 17.4 Å². The van der Waals surface area contributed by atoms with Gasteiger partial charge in [0.2, 0.25) is 5.69 Å². The summed E-state index contributed by atoms with van der Waals surface area (Å²) in [6, 6.07) is 3.36. The maximum absolute atomic E-state index is 13.4. The number of aromatic hydroxyl groups is 1. The molecule has 7 heteroatoms. The normalized spacial score (nSPS) is 10.5. The van der Waals surface area contributed by atoms with Gasteiger partial charge in [-0.2, -0.15) is 5.10 Å². The first-order valence-corrected chi connectivity index (χ1v) is 4.47. The van der Waals surface area contributed by atoms with Crippen molar-refractivity contribution in [2.45, 2.75) is 0 Å². The summed E-state index contributed by atoms with van der Waals surface area (Å²) in [4.78, 5) is 10.6. The molecular formula is C10H6F2N2O3. The lowest BCUT2D eigenvalue weighted by molar-refractivity contribution is 0.0687. The molecule has 0 fully saturated rings. The topological polar surface area (TPSA) is 75.3 Å². The number of hydrogen-bond acceptors (Lipinski definition) is 3. The lowest BCUT2D eigenvalue weighted by Crippen LogP contribution is -2.03. The van der Waals surface area contributed by atoms with E-state index >= 15 is 0 Å². The van der Waals surface area contributed by atoms with Gasteiger partial charge in [0, 0.05) is 0 Å². The molecule has 0 bridgehead atoms. The molecule has 2 rings (SSSR count). The van der Waals surface area contributed by atoms with E-state index in [2.05, 4.69) is 5.10 Å². The summed E-state index contributed by atoms with van der Waals surface area (Å²) >= 11 is 0. The van der Waals surface area contributed by atoms with E-state index < -0.39 is 29.0 Å². The van der Waals surface area contributed by atoms with Crippen LogP contribution >= 0.6 is 0 Å². The molecule has 88 valence electrons. The van der Waals surface area contributed by atoms with Crippen LogP contribution < -0.4 is 0 Å². The molecule has 1 aromatic carbocycles. The summed E-state index contributed by atoms with van der Waals surface area (Å²) in [5.41, 5.74) is -0.915. The lowest BCUT2D eigenvalue weighted by Gasteiger charge is -2.02. The highest BCUT2D eigenvalue weighted by atomic mass is 19.2. The third kappa shape index (κ3) is 1.82. The number of rotatable bonds is 2. The maximum atomic E-state index is 13.4. The number of halogens is 2. The van der Waals surface area contributed by atoms with Crippen molar-refractivity contribution in [2.24, 2.45) is 0 Å². The Hall–Kier alpha value is -2.44. The average molecular weight is 240 g/mol. The Morgan fingerprint density at radius 1 is 1.35 bits per heavy atom. The fraction of sp³-hybridized carbons (Fsp3) is 0. The second-order valence-electron chi connectivity index (χ2n) is 3.19. The van der Waals surface area contributed by atoms with Crippen molar-refractivity contribution >= 4 is 5.97 Å². The zero-order chi connectivity index (χ0) is 12.6. The van der Waals surface area contributed by atoms with Crippen molar-refractivity contribution in [3.8, 4) is 11.4 Å². The monoisotopic (exact) mass is 240 g/mol. The molecule has 0 aliphatic rings. The number of aromatic carboxylic acids is 1. The fourth-order valence-corrected chi connectivity index (χ4v) is 1.31. The predicted molar refractivity (Wildman–Crippen MR) is 52.1 cm³/mol. The minimum absolute atomic E-state index is 0.284. The maximum Gasteiger partial charge on any atom is 0.360 e. The number of nitrogens with zero attached hydrogens (tertiary/aromatic N) is 2. The summed E-state index contributed by atoms with van der Waals surface area (Å²) in [5, 5.41) is 21.3. The molecule has 0 atom stereocenters. The molecule has 0 aliphatic carbocycles. The summed E-state index contributed by atoms with van der Waals surface area (Å²) in [7, 11) is 0. The van der Waals surface area contributed by atoms with E-state index in [0.29, 0.717) is 0 Å². The minimum atomic E-state index is -1.46. The van der Waals surface area contributed by atoms with Crippen molar-refractivity contribution in [3.63, 3.8) is 0 Å². The van der Waals surface area contributed by atoms with Crippen LogP contribution in [0.25, 0.3) is 5.69 Å². The van der Waals surface area contributed by atoms with Gasteiger partial charge in [-0.15, -0.1) is 0 Å². The highest BCUT2D eigenvalue weighted by Crippen LogP contribution is 2.21. The number of aromatic nitrogens is 2. The van der Waals surface area contributed by atoms with E-state index in [1.54, 1.807) is 0 Å². The van der Waals surface area contributed by atoms with Gasteiger partial charge < -0.3 is 10.2 Å². The molecule has 0 spiro atoms. The highest BCUT2D eigenvalue weighted by Gasteiger charge is 2.18. The number of hydrogen-bond donors (Lipinski definition) is 2. The Morgan fingerprint density at radius 2 is 2.06 bits per heavy atom. The van der Waals surface area contributed by atoms with E-state index in [0.717, 1.165) is 16.9 Å². The fourth-order valence-electron chi connectivity index (χ4n) is 1.31. The molecule has 2 aromatic rings. The van der Waals surface area contributed by atoms with Gasteiger partial charge in [-0.3, -0.25) is 0 Å². The van der Waals surface area contributed by atoms with Crippen molar-refractivity contribution < 1.29 is 23.8 Å². The highest BCUT2D eigenvalue weighted by molar-refractivity contribution is 5.88. The van der Waals surface area contributed by atoms with E-state index in [-0.39, 0.29) is 5.69 Å². The summed E-state index contributed by atoms with van der Waals surface area (Å²) in [6.45, 7) is 0. The Morgan fingerprint density at radius 3 is 2.65 bits per heavy atom. The molecule has 2 N–H and O–H groups in total. The van der Waals surface area contributed by atoms with E-state index in [1.807, 2.05) is 0 Å². The molecule has 0 saturated heterocycles. The Labute approximate surface area is 93.5 Å². The van der Waals surface area contributed by atoms with Crippen LogP contribution in [0.5, 0.6) is 5.75 Å². The van der Waals surface area contributed by atoms with Crippen LogP contribution in [0, 0.1) is 11.6 Å². The van der Waals surface area contributed by atoms with Crippen LogP contribution in [0.3, 0.4) is 0 Å². The first kappa shape index (κ1) is 11.1. The third-order valence-corrected chi connectivity index (χ3v) is 2.08. The zero-order valence-electron chi connectivity index (χ0n) is 8.26. The van der Waals surface area contributed by atoms with Gasteiger partial charge in [-0.1, -0.05) is 6.07 Å². The summed E-state index contributed by atoms with van der Waals surface area (Å²) < 4.78 is 27.1. The second-order valence-corrected chi connectivity index (χ2v) is 3.19. The van der Waals surface area contributed by atoms with Gasteiger partial charge in [0.25, 0.3) is 0 Å². The first-order chi connectivity index (χ1) is 8.00. The summed E-state index contributed by atoms with van der Waals surface area (Å²) in [5.74, 6) is -4.35. The van der Waals surface area contributed by atoms with E-state index in [1.165, 1.54) is 12.1 Å². The third-order valence-electron chi connectivity index (χ3n) is 2.08. The van der Waals surface area contributed by atoms with Crippen molar-refractivity contribution in [1.29, 1.82) is 0 Å². The summed E-state index contributed by atoms with van der Waals surface area (Å²) in [6.07, 6.45) is 0.890. The van der Waals surface area contributed by atoms with Gasteiger partial charge in [0.1, 0.15) is 5.69 Å². The van der Waals surface area contributed by atoms with Crippen LogP contribution in [-0.4, -0.2) is 26.0 Å². The standard InChI is InChI=1S/C10H6F2N2O3/c11-5-2-1-3-6(8(5)12)14-4-7(15)9(13-14)10(16)17/h1-4,15H,(H,16,17). The largest absolute Gasteiger partial charge is 0.504 e. The molecule has 0 saturated carbocycles. The molecule has 0 radical (unpaired) electrons. The van der Waals surface area contributed by atoms with Gasteiger partial charge >= 0.3 is 5.97 Å². The lowest BCUT2D eigenvalue weighted by atomic mass is 10.3. The van der Waals surface area contributed by atoms with Crippen LogP contribution in [-0.2, 0) is 0 Å². The van der Waals surface area contributed by atoms with Crippen LogP contribution in [0.2, 0.25) is 0 Å². The van der Waals surface area contributed by atoms with E-state index in [4.69, 9.17) is 5.11 Å². The quantitative estimate of drug-likeness (QED) is 0.835. The first-order valence-electron chi connectivity index (χ1n) is 4.47. The van der Waals surface area contributed by atoms with Crippen LogP contribution in [0.15, 0.2) is 24.4 Å². The zero-order valence-corrected chi connectivity index (χ0v) is 8.26. The number of carbonyl (C=O) groups is 1. The smallest absolute Gasteiger partial charge is 0.360 e. The van der Waals surface area contributed by atoms with Gasteiger partial charge in [-0.05, 0) is 12.1 Å². The Bertz CT molecular complexity index is 595. The molecular weight excluding hydrogens is 234 g/mol. The predicted octanol–water partition coefficient (Wildman–Crippen LogP) is 1.55. The molecule has 0 unspecified atom stereocenters. The number of carboxylic acids is 1. The SMILES string of the molecule is O=C(O)c1nn(-c2cccc(F)c2F)cc1O. The molecule has 1 aromatic heterocycles. The Kier molecular flexibility index (Phi) is 2.51.